The van der Waals surface area contributed by atoms with Crippen molar-refractivity contribution in [3.8, 4) is 0 Å². The van der Waals surface area contributed by atoms with E-state index in [2.05, 4.69) is 15.5 Å². The summed E-state index contributed by atoms with van der Waals surface area (Å²) in [5, 5.41) is 4.97. The van der Waals surface area contributed by atoms with Gasteiger partial charge in [-0.3, -0.25) is 4.79 Å². The maximum Gasteiger partial charge on any atom is 0.416 e. The van der Waals surface area contributed by atoms with Crippen LogP contribution in [0.5, 0.6) is 0 Å². The van der Waals surface area contributed by atoms with Crippen LogP contribution in [-0.2, 0) is 11.0 Å². The molecule has 3 fully saturated rings. The quantitative estimate of drug-likeness (QED) is 0.629. The van der Waals surface area contributed by atoms with Gasteiger partial charge in [-0.25, -0.2) is 9.79 Å². The number of anilines is 2. The number of carbonyl (C=O) groups excluding carboxylic acids is 2. The summed E-state index contributed by atoms with van der Waals surface area (Å²) < 4.78 is 39.2. The highest BCUT2D eigenvalue weighted by atomic mass is 19.4. The summed E-state index contributed by atoms with van der Waals surface area (Å²) in [5.74, 6) is 1.35. The number of amides is 3. The van der Waals surface area contributed by atoms with Crippen LogP contribution in [0.4, 0.5) is 29.3 Å². The van der Waals surface area contributed by atoms with Gasteiger partial charge in [0.1, 0.15) is 5.84 Å². The van der Waals surface area contributed by atoms with Gasteiger partial charge in [0.05, 0.1) is 11.3 Å². The fourth-order valence-electron chi connectivity index (χ4n) is 5.38. The third kappa shape index (κ3) is 4.89. The fraction of sp³-hybridized carbons (Fsp3) is 0.423. The van der Waals surface area contributed by atoms with E-state index in [1.165, 1.54) is 42.7 Å². The summed E-state index contributed by atoms with van der Waals surface area (Å²) in [6.07, 6.45) is -1.06. The second-order valence-electron chi connectivity index (χ2n) is 9.74. The van der Waals surface area contributed by atoms with Crippen LogP contribution in [0.15, 0.2) is 53.5 Å². The number of alkyl halides is 3. The van der Waals surface area contributed by atoms with Crippen molar-refractivity contribution in [2.24, 2.45) is 16.8 Å². The highest BCUT2D eigenvalue weighted by Gasteiger charge is 2.36. The van der Waals surface area contributed by atoms with Gasteiger partial charge in [-0.05, 0) is 67.9 Å². The first-order valence-corrected chi connectivity index (χ1v) is 12.1. The van der Waals surface area contributed by atoms with Gasteiger partial charge >= 0.3 is 12.2 Å². The van der Waals surface area contributed by atoms with E-state index in [0.29, 0.717) is 23.4 Å². The molecule has 36 heavy (non-hydrogen) atoms. The monoisotopic (exact) mass is 499 g/mol. The first kappa shape index (κ1) is 24.1. The Bertz CT molecular complexity index is 1180. The molecule has 4 aliphatic rings. The number of rotatable bonds is 2. The molecular formula is C26H28F3N5O2. The van der Waals surface area contributed by atoms with E-state index in [-0.39, 0.29) is 5.69 Å². The Morgan fingerprint density at radius 2 is 1.67 bits per heavy atom. The second-order valence-corrected chi connectivity index (χ2v) is 9.74. The van der Waals surface area contributed by atoms with Gasteiger partial charge < -0.3 is 20.4 Å². The van der Waals surface area contributed by atoms with Crippen LogP contribution in [0.1, 0.15) is 36.8 Å². The van der Waals surface area contributed by atoms with Gasteiger partial charge in [-0.1, -0.05) is 18.2 Å². The van der Waals surface area contributed by atoms with Gasteiger partial charge in [0, 0.05) is 31.4 Å². The number of para-hydroxylation sites is 1. The number of halogens is 3. The predicted molar refractivity (Wildman–Crippen MR) is 131 cm³/mol. The minimum absolute atomic E-state index is 0.0340. The number of benzodiazepines with no additional fused rings is 1. The maximum atomic E-state index is 13.3. The zero-order chi connectivity index (χ0) is 25.4. The minimum Gasteiger partial charge on any atom is -0.356 e. The standard InChI is InChI=1S/C26H28F3N5O2/c1-33-21-8-3-2-7-20(21)23(34-14-16-9-10-17(15-34)12-11-16)31-22(24(33)35)32-25(36)30-19-6-4-5-18(13-19)26(27,28)29/h2-8,13,16-17,22H,9-12,14-15H2,1H3,(H2,30,32,36)/t16?,17?,22-/m0/s1. The number of aliphatic imine (C=N–C) groups is 1. The molecule has 190 valence electrons. The van der Waals surface area contributed by atoms with E-state index in [1.54, 1.807) is 7.05 Å². The number of urea groups is 1. The lowest BCUT2D eigenvalue weighted by atomic mass is 9.84. The van der Waals surface area contributed by atoms with Crippen LogP contribution in [0.3, 0.4) is 0 Å². The molecule has 2 aromatic carbocycles. The normalized spacial score (nSPS) is 23.9. The lowest BCUT2D eigenvalue weighted by molar-refractivity contribution is -0.137. The zero-order valence-electron chi connectivity index (χ0n) is 19.9. The van der Waals surface area contributed by atoms with E-state index in [4.69, 9.17) is 4.99 Å². The van der Waals surface area contributed by atoms with Crippen LogP contribution in [0, 0.1) is 11.8 Å². The predicted octanol–water partition coefficient (Wildman–Crippen LogP) is 4.70. The molecule has 1 saturated carbocycles. The molecule has 2 aromatic rings. The van der Waals surface area contributed by atoms with Gasteiger partial charge in [0.2, 0.25) is 6.17 Å². The Labute approximate surface area is 207 Å². The van der Waals surface area contributed by atoms with E-state index in [1.807, 2.05) is 24.3 Å². The van der Waals surface area contributed by atoms with Crippen molar-refractivity contribution in [3.05, 3.63) is 59.7 Å². The fourth-order valence-corrected chi connectivity index (χ4v) is 5.38. The number of hydrogen-bond acceptors (Lipinski definition) is 4. The molecule has 3 heterocycles. The number of fused-ring (bicyclic) bond motifs is 5. The molecule has 10 heteroatoms. The molecule has 0 radical (unpaired) electrons. The van der Waals surface area contributed by atoms with Crippen LogP contribution in [0.2, 0.25) is 0 Å². The summed E-state index contributed by atoms with van der Waals surface area (Å²) in [4.78, 5) is 34.6. The van der Waals surface area contributed by atoms with Crippen molar-refractivity contribution in [3.63, 3.8) is 0 Å². The Kier molecular flexibility index (Phi) is 6.36. The molecule has 0 aromatic heterocycles. The minimum atomic E-state index is -4.54. The Morgan fingerprint density at radius 1 is 1.00 bits per heavy atom. The summed E-state index contributed by atoms with van der Waals surface area (Å²) in [6, 6.07) is 11.0. The number of nitrogens with one attached hydrogen (secondary N) is 2. The smallest absolute Gasteiger partial charge is 0.356 e. The van der Waals surface area contributed by atoms with Crippen molar-refractivity contribution in [1.29, 1.82) is 0 Å². The molecule has 0 spiro atoms. The number of hydrogen-bond donors (Lipinski definition) is 2. The van der Waals surface area contributed by atoms with Crippen LogP contribution in [-0.4, -0.2) is 49.0 Å². The number of benzene rings is 2. The van der Waals surface area contributed by atoms with Crippen molar-refractivity contribution in [1.82, 2.24) is 10.2 Å². The molecule has 2 bridgehead atoms. The summed E-state index contributed by atoms with van der Waals surface area (Å²) in [5.41, 5.74) is 0.600. The molecule has 6 rings (SSSR count). The van der Waals surface area contributed by atoms with Crippen LogP contribution in [0.25, 0.3) is 0 Å². The van der Waals surface area contributed by atoms with E-state index in [9.17, 15) is 22.8 Å². The molecule has 2 N–H and O–H groups in total. The van der Waals surface area contributed by atoms with Gasteiger partial charge in [0.25, 0.3) is 5.91 Å². The largest absolute Gasteiger partial charge is 0.416 e. The molecular weight excluding hydrogens is 471 g/mol. The zero-order valence-corrected chi connectivity index (χ0v) is 19.9. The molecule has 2 saturated heterocycles. The first-order valence-electron chi connectivity index (χ1n) is 12.1. The lowest BCUT2D eigenvalue weighted by Crippen LogP contribution is -2.47. The average Bonchev–Trinajstić information content (AvgIpc) is 3.22. The Hall–Kier alpha value is -3.56. The molecule has 1 atom stereocenters. The molecule has 1 aliphatic carbocycles. The van der Waals surface area contributed by atoms with Crippen LogP contribution < -0.4 is 15.5 Å². The van der Waals surface area contributed by atoms with Crippen molar-refractivity contribution in [2.45, 2.75) is 38.0 Å². The van der Waals surface area contributed by atoms with Crippen LogP contribution >= 0.6 is 0 Å². The molecule has 0 unspecified atom stereocenters. The third-order valence-corrected chi connectivity index (χ3v) is 7.26. The van der Waals surface area contributed by atoms with E-state index in [0.717, 1.165) is 30.8 Å². The van der Waals surface area contributed by atoms with Gasteiger partial charge in [-0.15, -0.1) is 0 Å². The van der Waals surface area contributed by atoms with Crippen molar-refractivity contribution < 1.29 is 22.8 Å². The number of nitrogens with zero attached hydrogens (tertiary/aromatic N) is 3. The maximum absolute atomic E-state index is 13.3. The average molecular weight is 500 g/mol. The summed E-state index contributed by atoms with van der Waals surface area (Å²) >= 11 is 0. The highest BCUT2D eigenvalue weighted by molar-refractivity contribution is 6.12. The Balaban J connectivity index is 1.43. The van der Waals surface area contributed by atoms with E-state index < -0.39 is 29.8 Å². The van der Waals surface area contributed by atoms with Crippen molar-refractivity contribution >= 4 is 29.1 Å². The molecule has 3 amide bonds. The number of amidine groups is 1. The van der Waals surface area contributed by atoms with Crippen molar-refractivity contribution in [2.75, 3.05) is 30.4 Å². The van der Waals surface area contributed by atoms with Gasteiger partial charge in [-0.2, -0.15) is 13.2 Å². The van der Waals surface area contributed by atoms with E-state index >= 15 is 0 Å². The first-order chi connectivity index (χ1) is 17.2. The topological polar surface area (TPSA) is 77.0 Å². The summed E-state index contributed by atoms with van der Waals surface area (Å²) in [7, 11) is 1.63. The Morgan fingerprint density at radius 3 is 2.33 bits per heavy atom. The number of likely N-dealkylation sites (N-methyl/N-ethyl adjacent to an activating group) is 1. The molecule has 3 aliphatic heterocycles. The third-order valence-electron chi connectivity index (χ3n) is 7.26. The second kappa shape index (κ2) is 9.48. The molecule has 7 nitrogen and oxygen atoms in total. The van der Waals surface area contributed by atoms with Gasteiger partial charge in [0.15, 0.2) is 0 Å². The summed E-state index contributed by atoms with van der Waals surface area (Å²) in [6.45, 7) is 1.68. The lowest BCUT2D eigenvalue weighted by Gasteiger charge is -2.27. The highest BCUT2D eigenvalue weighted by Crippen LogP contribution is 2.36. The SMILES string of the molecule is CN1C(=O)[C@H](NC(=O)Nc2cccc(C(F)(F)F)c2)N=C(N2CC3CCC(CC3)C2)c2ccccc21. The number of carbonyl (C=O) groups is 2.